The van der Waals surface area contributed by atoms with Crippen LogP contribution in [0.25, 0.3) is 0 Å². The average Bonchev–Trinajstić information content (AvgIpc) is 2.55. The standard InChI is InChI=1S/C16H16F6N4O2/c1-9-7-10(28-16(20,21)22)3-4-11(9)24-13-8-12(15(17,18)19)25-14(26-13)23-5-2-6-27/h3-4,7-8,27H,2,5-6H2,1H3,(H2,23,24,25,26). The molecule has 1 aromatic carbocycles. The number of hydrogen-bond acceptors (Lipinski definition) is 6. The van der Waals surface area contributed by atoms with Crippen LogP contribution in [0.3, 0.4) is 0 Å². The van der Waals surface area contributed by atoms with Crippen molar-refractivity contribution < 1.29 is 36.2 Å². The Morgan fingerprint density at radius 1 is 1.07 bits per heavy atom. The summed E-state index contributed by atoms with van der Waals surface area (Å²) in [6.45, 7) is 1.44. The van der Waals surface area contributed by atoms with Gasteiger partial charge >= 0.3 is 12.5 Å². The van der Waals surface area contributed by atoms with Crippen molar-refractivity contribution in [2.24, 2.45) is 0 Å². The van der Waals surface area contributed by atoms with E-state index >= 15 is 0 Å². The van der Waals surface area contributed by atoms with Gasteiger partial charge in [-0.15, -0.1) is 13.2 Å². The number of aliphatic hydroxyl groups excluding tert-OH is 1. The quantitative estimate of drug-likeness (QED) is 0.468. The molecule has 0 saturated carbocycles. The Morgan fingerprint density at radius 2 is 1.79 bits per heavy atom. The van der Waals surface area contributed by atoms with Gasteiger partial charge in [-0.05, 0) is 37.1 Å². The highest BCUT2D eigenvalue weighted by atomic mass is 19.4. The molecule has 0 radical (unpaired) electrons. The van der Waals surface area contributed by atoms with E-state index in [1.807, 2.05) is 0 Å². The average molecular weight is 410 g/mol. The maximum atomic E-state index is 13.1. The summed E-state index contributed by atoms with van der Waals surface area (Å²) in [6.07, 6.45) is -9.31. The molecule has 2 rings (SSSR count). The molecule has 6 nitrogen and oxygen atoms in total. The molecular formula is C16H16F6N4O2. The number of aliphatic hydroxyl groups is 1. The maximum absolute atomic E-state index is 13.1. The van der Waals surface area contributed by atoms with Gasteiger partial charge in [-0.2, -0.15) is 18.2 Å². The first-order valence-corrected chi connectivity index (χ1v) is 7.92. The zero-order chi connectivity index (χ0) is 20.9. The Labute approximate surface area is 155 Å². The fourth-order valence-corrected chi connectivity index (χ4v) is 2.13. The number of halogens is 6. The van der Waals surface area contributed by atoms with E-state index < -0.39 is 24.0 Å². The zero-order valence-electron chi connectivity index (χ0n) is 14.4. The van der Waals surface area contributed by atoms with Gasteiger partial charge in [0.05, 0.1) is 0 Å². The van der Waals surface area contributed by atoms with Gasteiger partial charge in [0.25, 0.3) is 0 Å². The normalized spacial score (nSPS) is 12.0. The molecule has 28 heavy (non-hydrogen) atoms. The van der Waals surface area contributed by atoms with Crippen LogP contribution in [-0.2, 0) is 6.18 Å². The fraction of sp³-hybridized carbons (Fsp3) is 0.375. The Balaban J connectivity index is 2.27. The van der Waals surface area contributed by atoms with Gasteiger partial charge in [0.2, 0.25) is 5.95 Å². The number of nitrogens with one attached hydrogen (secondary N) is 2. The molecule has 0 aliphatic rings. The van der Waals surface area contributed by atoms with Crippen molar-refractivity contribution in [2.45, 2.75) is 25.9 Å². The monoisotopic (exact) mass is 410 g/mol. The minimum absolute atomic E-state index is 0.153. The van der Waals surface area contributed by atoms with Crippen LogP contribution in [0, 0.1) is 6.92 Å². The predicted octanol–water partition coefficient (Wildman–Crippen LogP) is 4.24. The van der Waals surface area contributed by atoms with Gasteiger partial charge in [-0.25, -0.2) is 4.98 Å². The van der Waals surface area contributed by atoms with Gasteiger partial charge in [-0.3, -0.25) is 0 Å². The van der Waals surface area contributed by atoms with Gasteiger partial charge in [0.1, 0.15) is 11.6 Å². The molecule has 0 bridgehead atoms. The second-order valence-electron chi connectivity index (χ2n) is 5.61. The van der Waals surface area contributed by atoms with Crippen molar-refractivity contribution in [2.75, 3.05) is 23.8 Å². The summed E-state index contributed by atoms with van der Waals surface area (Å²) in [5.41, 5.74) is -0.669. The Hall–Kier alpha value is -2.76. The molecular weight excluding hydrogens is 394 g/mol. The highest BCUT2D eigenvalue weighted by Crippen LogP contribution is 2.32. The van der Waals surface area contributed by atoms with Crippen LogP contribution >= 0.6 is 0 Å². The molecule has 2 aromatic rings. The van der Waals surface area contributed by atoms with Crippen LogP contribution in [-0.4, -0.2) is 34.6 Å². The first kappa shape index (κ1) is 21.5. The molecule has 0 amide bonds. The number of nitrogens with zero attached hydrogens (tertiary/aromatic N) is 2. The number of rotatable bonds is 7. The second kappa shape index (κ2) is 8.50. The Morgan fingerprint density at radius 3 is 2.36 bits per heavy atom. The van der Waals surface area contributed by atoms with Crippen LogP contribution in [0.4, 0.5) is 43.8 Å². The third kappa shape index (κ3) is 6.44. The molecule has 1 aromatic heterocycles. The molecule has 0 spiro atoms. The van der Waals surface area contributed by atoms with Crippen LogP contribution in [0.5, 0.6) is 5.75 Å². The number of hydrogen-bond donors (Lipinski definition) is 3. The molecule has 154 valence electrons. The topological polar surface area (TPSA) is 79.3 Å². The van der Waals surface area contributed by atoms with Crippen molar-refractivity contribution in [3.8, 4) is 5.75 Å². The van der Waals surface area contributed by atoms with Crippen LogP contribution in [0.2, 0.25) is 0 Å². The van der Waals surface area contributed by atoms with E-state index in [0.717, 1.165) is 12.1 Å². The number of anilines is 3. The first-order chi connectivity index (χ1) is 13.0. The highest BCUT2D eigenvalue weighted by molar-refractivity contribution is 5.62. The number of benzene rings is 1. The maximum Gasteiger partial charge on any atom is 0.573 e. The van der Waals surface area contributed by atoms with E-state index in [2.05, 4.69) is 25.3 Å². The third-order valence-corrected chi connectivity index (χ3v) is 3.33. The van der Waals surface area contributed by atoms with E-state index in [1.165, 1.54) is 13.0 Å². The van der Waals surface area contributed by atoms with Crippen molar-refractivity contribution in [1.82, 2.24) is 9.97 Å². The smallest absolute Gasteiger partial charge is 0.406 e. The lowest BCUT2D eigenvalue weighted by molar-refractivity contribution is -0.274. The van der Waals surface area contributed by atoms with Crippen molar-refractivity contribution in [1.29, 1.82) is 0 Å². The largest absolute Gasteiger partial charge is 0.573 e. The van der Waals surface area contributed by atoms with E-state index in [-0.39, 0.29) is 37.0 Å². The molecule has 0 aliphatic carbocycles. The van der Waals surface area contributed by atoms with Crippen LogP contribution in [0.1, 0.15) is 17.7 Å². The number of aryl methyl sites for hydroxylation is 1. The third-order valence-electron chi connectivity index (χ3n) is 3.33. The molecule has 0 aliphatic heterocycles. The lowest BCUT2D eigenvalue weighted by atomic mass is 10.2. The first-order valence-electron chi connectivity index (χ1n) is 7.92. The number of ether oxygens (including phenoxy) is 1. The molecule has 12 heteroatoms. The molecule has 0 saturated heterocycles. The molecule has 0 unspecified atom stereocenters. The van der Waals surface area contributed by atoms with Gasteiger partial charge < -0.3 is 20.5 Å². The molecule has 0 fully saturated rings. The summed E-state index contributed by atoms with van der Waals surface area (Å²) in [6, 6.07) is 4.01. The summed E-state index contributed by atoms with van der Waals surface area (Å²) < 4.78 is 79.8. The summed E-state index contributed by atoms with van der Waals surface area (Å²) >= 11 is 0. The van der Waals surface area contributed by atoms with Crippen LogP contribution in [0.15, 0.2) is 24.3 Å². The minimum atomic E-state index is -4.86. The number of aromatic nitrogens is 2. The summed E-state index contributed by atoms with van der Waals surface area (Å²) in [5, 5.41) is 13.9. The lowest BCUT2D eigenvalue weighted by Crippen LogP contribution is -2.17. The van der Waals surface area contributed by atoms with Crippen molar-refractivity contribution >= 4 is 17.5 Å². The Bertz CT molecular complexity index is 811. The predicted molar refractivity (Wildman–Crippen MR) is 88.4 cm³/mol. The second-order valence-corrected chi connectivity index (χ2v) is 5.61. The van der Waals surface area contributed by atoms with E-state index in [9.17, 15) is 26.3 Å². The summed E-state index contributed by atoms with van der Waals surface area (Å²) in [5.74, 6) is -0.970. The zero-order valence-corrected chi connectivity index (χ0v) is 14.4. The summed E-state index contributed by atoms with van der Waals surface area (Å²) in [4.78, 5) is 7.29. The van der Waals surface area contributed by atoms with E-state index in [0.29, 0.717) is 11.6 Å². The summed E-state index contributed by atoms with van der Waals surface area (Å²) in [7, 11) is 0. The van der Waals surface area contributed by atoms with E-state index in [1.54, 1.807) is 0 Å². The Kier molecular flexibility index (Phi) is 6.54. The van der Waals surface area contributed by atoms with Crippen LogP contribution < -0.4 is 15.4 Å². The molecule has 1 heterocycles. The van der Waals surface area contributed by atoms with Crippen molar-refractivity contribution in [3.63, 3.8) is 0 Å². The number of alkyl halides is 6. The minimum Gasteiger partial charge on any atom is -0.406 e. The van der Waals surface area contributed by atoms with Gasteiger partial charge in [-0.1, -0.05) is 0 Å². The van der Waals surface area contributed by atoms with E-state index in [4.69, 9.17) is 5.11 Å². The highest BCUT2D eigenvalue weighted by Gasteiger charge is 2.34. The molecule has 3 N–H and O–H groups in total. The van der Waals surface area contributed by atoms with Gasteiger partial charge in [0, 0.05) is 24.9 Å². The lowest BCUT2D eigenvalue weighted by Gasteiger charge is -2.15. The molecule has 0 atom stereocenters. The SMILES string of the molecule is Cc1cc(OC(F)(F)F)ccc1Nc1cc(C(F)(F)F)nc(NCCCO)n1. The van der Waals surface area contributed by atoms with Gasteiger partial charge in [0.15, 0.2) is 5.69 Å². The fourth-order valence-electron chi connectivity index (χ4n) is 2.13. The van der Waals surface area contributed by atoms with Crippen molar-refractivity contribution in [3.05, 3.63) is 35.5 Å².